The zero-order valence-electron chi connectivity index (χ0n) is 14.3. The molecule has 1 aliphatic rings. The molecule has 5 heteroatoms. The van der Waals surface area contributed by atoms with Gasteiger partial charge in [0.15, 0.2) is 12.4 Å². The smallest absolute Gasteiger partial charge is 0.343 e. The lowest BCUT2D eigenvalue weighted by Gasteiger charge is -2.10. The van der Waals surface area contributed by atoms with Crippen LogP contribution in [-0.2, 0) is 9.53 Å². The molecular weight excluding hydrogens is 320 g/mol. The van der Waals surface area contributed by atoms with E-state index in [1.807, 2.05) is 31.2 Å². The van der Waals surface area contributed by atoms with E-state index >= 15 is 0 Å². The maximum absolute atomic E-state index is 12.6. The van der Waals surface area contributed by atoms with Gasteiger partial charge in [0.1, 0.15) is 11.5 Å². The number of carbonyl (C=O) groups excluding carboxylic acids is 2. The SMILES string of the molecule is COC(=O)COc1ccc2c(c1C)O/C(=C\c1cccc(C)c1)C2=O. The first-order valence-electron chi connectivity index (χ1n) is 7.83. The van der Waals surface area contributed by atoms with E-state index in [1.165, 1.54) is 7.11 Å². The summed E-state index contributed by atoms with van der Waals surface area (Å²) in [6.45, 7) is 3.58. The molecule has 0 atom stereocenters. The van der Waals surface area contributed by atoms with E-state index in [9.17, 15) is 9.59 Å². The van der Waals surface area contributed by atoms with Crippen LogP contribution in [0.4, 0.5) is 0 Å². The van der Waals surface area contributed by atoms with Gasteiger partial charge < -0.3 is 14.2 Å². The van der Waals surface area contributed by atoms with E-state index < -0.39 is 5.97 Å². The van der Waals surface area contributed by atoms with Gasteiger partial charge in [-0.15, -0.1) is 0 Å². The second kappa shape index (κ2) is 6.81. The number of Topliss-reactive ketones (excluding diaryl/α,β-unsaturated/α-hetero) is 1. The molecule has 5 nitrogen and oxygen atoms in total. The predicted octanol–water partition coefficient (Wildman–Crippen LogP) is 3.47. The van der Waals surface area contributed by atoms with Gasteiger partial charge in [0.25, 0.3) is 0 Å². The number of ether oxygens (including phenoxy) is 3. The largest absolute Gasteiger partial charge is 0.481 e. The molecule has 3 rings (SSSR count). The Balaban J connectivity index is 1.88. The summed E-state index contributed by atoms with van der Waals surface area (Å²) in [5.74, 6) is 0.574. The summed E-state index contributed by atoms with van der Waals surface area (Å²) in [5.41, 5.74) is 3.16. The lowest BCUT2D eigenvalue weighted by molar-refractivity contribution is -0.142. The van der Waals surface area contributed by atoms with Crippen molar-refractivity contribution >= 4 is 17.8 Å². The minimum absolute atomic E-state index is 0.167. The van der Waals surface area contributed by atoms with Crippen LogP contribution in [-0.4, -0.2) is 25.5 Å². The van der Waals surface area contributed by atoms with E-state index in [-0.39, 0.29) is 18.1 Å². The van der Waals surface area contributed by atoms with E-state index in [0.717, 1.165) is 11.1 Å². The molecule has 0 unspecified atom stereocenters. The van der Waals surface area contributed by atoms with Crippen molar-refractivity contribution < 1.29 is 23.8 Å². The molecule has 0 spiro atoms. The molecule has 0 bridgehead atoms. The van der Waals surface area contributed by atoms with E-state index in [4.69, 9.17) is 9.47 Å². The summed E-state index contributed by atoms with van der Waals surface area (Å²) in [7, 11) is 1.30. The molecule has 0 fully saturated rings. The first kappa shape index (κ1) is 16.8. The molecule has 128 valence electrons. The lowest BCUT2D eigenvalue weighted by Crippen LogP contribution is -2.13. The fourth-order valence-corrected chi connectivity index (χ4v) is 2.63. The van der Waals surface area contributed by atoms with Gasteiger partial charge in [0.2, 0.25) is 5.78 Å². The first-order chi connectivity index (χ1) is 12.0. The van der Waals surface area contributed by atoms with Gasteiger partial charge in [-0.1, -0.05) is 29.8 Å². The zero-order valence-corrected chi connectivity index (χ0v) is 14.3. The normalized spacial score (nSPS) is 14.2. The minimum Gasteiger partial charge on any atom is -0.481 e. The number of hydrogen-bond donors (Lipinski definition) is 0. The number of rotatable bonds is 4. The fourth-order valence-electron chi connectivity index (χ4n) is 2.63. The Morgan fingerprint density at radius 2 is 2.00 bits per heavy atom. The quantitative estimate of drug-likeness (QED) is 0.631. The topological polar surface area (TPSA) is 61.8 Å². The van der Waals surface area contributed by atoms with Gasteiger partial charge >= 0.3 is 5.97 Å². The summed E-state index contributed by atoms with van der Waals surface area (Å²) in [6, 6.07) is 11.1. The van der Waals surface area contributed by atoms with Crippen LogP contribution in [0, 0.1) is 13.8 Å². The average Bonchev–Trinajstić information content (AvgIpc) is 2.91. The van der Waals surface area contributed by atoms with E-state index in [0.29, 0.717) is 22.6 Å². The van der Waals surface area contributed by atoms with Gasteiger partial charge in [0, 0.05) is 5.56 Å². The van der Waals surface area contributed by atoms with Gasteiger partial charge in [-0.05, 0) is 37.6 Å². The molecular formula is C20H18O5. The number of ketones is 1. The highest BCUT2D eigenvalue weighted by molar-refractivity contribution is 6.15. The molecule has 0 aliphatic carbocycles. The van der Waals surface area contributed by atoms with Crippen molar-refractivity contribution in [3.8, 4) is 11.5 Å². The molecule has 2 aromatic rings. The van der Waals surface area contributed by atoms with Crippen LogP contribution in [0.25, 0.3) is 6.08 Å². The van der Waals surface area contributed by atoms with Crippen molar-refractivity contribution in [2.45, 2.75) is 13.8 Å². The third-order valence-electron chi connectivity index (χ3n) is 3.95. The third-order valence-corrected chi connectivity index (χ3v) is 3.95. The number of benzene rings is 2. The number of esters is 1. The van der Waals surface area contributed by atoms with Crippen molar-refractivity contribution in [3.05, 3.63) is 64.4 Å². The Bertz CT molecular complexity index is 880. The Hall–Kier alpha value is -3.08. The van der Waals surface area contributed by atoms with Crippen molar-refractivity contribution in [2.24, 2.45) is 0 Å². The van der Waals surface area contributed by atoms with Gasteiger partial charge in [-0.2, -0.15) is 0 Å². The second-order valence-electron chi connectivity index (χ2n) is 5.78. The summed E-state index contributed by atoms with van der Waals surface area (Å²) in [6.07, 6.45) is 1.73. The summed E-state index contributed by atoms with van der Waals surface area (Å²) in [5, 5.41) is 0. The Kier molecular flexibility index (Phi) is 4.57. The molecule has 0 radical (unpaired) electrons. The fraction of sp³-hybridized carbons (Fsp3) is 0.200. The van der Waals surface area contributed by atoms with Gasteiger partial charge in [0.05, 0.1) is 12.7 Å². The molecule has 0 saturated heterocycles. The molecule has 0 saturated carbocycles. The third kappa shape index (κ3) is 3.40. The standard InChI is InChI=1S/C20H18O5/c1-12-5-4-6-14(9-12)10-17-19(22)15-7-8-16(13(2)20(15)25-17)24-11-18(21)23-3/h4-10H,11H2,1-3H3/b17-10-. The van der Waals surface area contributed by atoms with Crippen LogP contribution in [0.15, 0.2) is 42.2 Å². The highest BCUT2D eigenvalue weighted by atomic mass is 16.6. The van der Waals surface area contributed by atoms with Gasteiger partial charge in [-0.25, -0.2) is 4.79 Å². The number of methoxy groups -OCH3 is 1. The summed E-state index contributed by atoms with van der Waals surface area (Å²) < 4.78 is 15.8. The van der Waals surface area contributed by atoms with Crippen LogP contribution in [0.1, 0.15) is 27.0 Å². The van der Waals surface area contributed by atoms with Crippen LogP contribution in [0.3, 0.4) is 0 Å². The highest BCUT2D eigenvalue weighted by Gasteiger charge is 2.30. The average molecular weight is 338 g/mol. The number of aryl methyl sites for hydroxylation is 1. The van der Waals surface area contributed by atoms with Gasteiger partial charge in [-0.3, -0.25) is 4.79 Å². The molecule has 0 aromatic heterocycles. The van der Waals surface area contributed by atoms with Crippen molar-refractivity contribution in [1.29, 1.82) is 0 Å². The number of fused-ring (bicyclic) bond motifs is 1. The molecule has 1 heterocycles. The second-order valence-corrected chi connectivity index (χ2v) is 5.78. The van der Waals surface area contributed by atoms with Crippen LogP contribution < -0.4 is 9.47 Å². The van der Waals surface area contributed by atoms with Crippen molar-refractivity contribution in [2.75, 3.05) is 13.7 Å². The minimum atomic E-state index is -0.475. The Morgan fingerprint density at radius 1 is 1.20 bits per heavy atom. The number of carbonyl (C=O) groups is 2. The molecule has 2 aromatic carbocycles. The maximum atomic E-state index is 12.6. The van der Waals surface area contributed by atoms with Crippen LogP contribution in [0.2, 0.25) is 0 Å². The number of allylic oxidation sites excluding steroid dienone is 1. The van der Waals surface area contributed by atoms with E-state index in [1.54, 1.807) is 25.1 Å². The monoisotopic (exact) mass is 338 g/mol. The summed E-state index contributed by atoms with van der Waals surface area (Å²) in [4.78, 5) is 23.8. The molecule has 1 aliphatic heterocycles. The maximum Gasteiger partial charge on any atom is 0.343 e. The Labute approximate surface area is 145 Å². The van der Waals surface area contributed by atoms with E-state index in [2.05, 4.69) is 4.74 Å². The van der Waals surface area contributed by atoms with Crippen LogP contribution >= 0.6 is 0 Å². The molecule has 0 amide bonds. The zero-order chi connectivity index (χ0) is 18.0. The highest BCUT2D eigenvalue weighted by Crippen LogP contribution is 2.39. The Morgan fingerprint density at radius 3 is 2.72 bits per heavy atom. The lowest BCUT2D eigenvalue weighted by atomic mass is 10.1. The van der Waals surface area contributed by atoms with Crippen LogP contribution in [0.5, 0.6) is 11.5 Å². The van der Waals surface area contributed by atoms with Crippen molar-refractivity contribution in [3.63, 3.8) is 0 Å². The number of hydrogen-bond acceptors (Lipinski definition) is 5. The molecule has 0 N–H and O–H groups in total. The molecule has 25 heavy (non-hydrogen) atoms. The first-order valence-corrected chi connectivity index (χ1v) is 7.83. The predicted molar refractivity (Wildman–Crippen MR) is 92.8 cm³/mol. The van der Waals surface area contributed by atoms with Crippen molar-refractivity contribution in [1.82, 2.24) is 0 Å². The summed E-state index contributed by atoms with van der Waals surface area (Å²) >= 11 is 0.